The monoisotopic (exact) mass is 712 g/mol. The Morgan fingerprint density at radius 3 is 1.77 bits per heavy atom. The van der Waals surface area contributed by atoms with Crippen LogP contribution in [0.3, 0.4) is 0 Å². The molecule has 10 aromatic rings. The van der Waals surface area contributed by atoms with Gasteiger partial charge >= 0.3 is 0 Å². The average molecular weight is 713 g/mol. The molecule has 0 atom stereocenters. The van der Waals surface area contributed by atoms with Crippen molar-refractivity contribution in [3.63, 3.8) is 0 Å². The maximum Gasteiger partial charge on any atom is 0.160 e. The number of para-hydroxylation sites is 1. The molecule has 3 nitrogen and oxygen atoms in total. The van der Waals surface area contributed by atoms with Crippen LogP contribution in [-0.4, -0.2) is 9.97 Å². The Morgan fingerprint density at radius 2 is 0.964 bits per heavy atom. The molecule has 2 aliphatic carbocycles. The molecule has 12 rings (SSSR count). The summed E-state index contributed by atoms with van der Waals surface area (Å²) in [6.45, 7) is 0. The normalized spacial score (nSPS) is 13.1. The van der Waals surface area contributed by atoms with Gasteiger partial charge in [-0.1, -0.05) is 182 Å². The summed E-state index contributed by atoms with van der Waals surface area (Å²) in [5.74, 6) is 1.70. The van der Waals surface area contributed by atoms with Crippen molar-refractivity contribution < 1.29 is 4.42 Å². The summed E-state index contributed by atoms with van der Waals surface area (Å²) in [5, 5.41) is 3.50. The summed E-state index contributed by atoms with van der Waals surface area (Å²) in [6, 6.07) is 69.2. The maximum atomic E-state index is 7.02. The van der Waals surface area contributed by atoms with Gasteiger partial charge in [0.25, 0.3) is 0 Å². The summed E-state index contributed by atoms with van der Waals surface area (Å²) >= 11 is 0. The van der Waals surface area contributed by atoms with Gasteiger partial charge in [0.05, 0.1) is 11.4 Å². The highest BCUT2D eigenvalue weighted by Gasteiger charge is 2.56. The van der Waals surface area contributed by atoms with Crippen molar-refractivity contribution in [2.24, 2.45) is 0 Å². The molecule has 260 valence electrons. The molecule has 0 N–H and O–H groups in total. The molecule has 0 saturated heterocycles. The summed E-state index contributed by atoms with van der Waals surface area (Å²) in [5.41, 5.74) is 16.2. The minimum absolute atomic E-state index is 0.605. The third-order valence-electron chi connectivity index (χ3n) is 11.9. The lowest BCUT2D eigenvalue weighted by Gasteiger charge is -2.30. The van der Waals surface area contributed by atoms with Crippen LogP contribution in [0.25, 0.3) is 89.0 Å². The lowest BCUT2D eigenvalue weighted by Crippen LogP contribution is -2.26. The standard InChI is InChI=1S/C53H32N2O/c1-2-15-35(16-3-1)46-32-47(41-23-12-17-33-14-4-5-18-37(33)41)55-52(54-46)36-30-28-34(29-31-36)38-22-13-24-43-49-42-21-8-11-27-48(42)56-51(49)53(50(38)43)44-25-9-6-19-39(44)40-20-7-10-26-45(40)53/h1-32H. The Labute approximate surface area is 324 Å². The Balaban J connectivity index is 1.06. The second-order valence-electron chi connectivity index (χ2n) is 14.8. The molecule has 0 saturated carbocycles. The van der Waals surface area contributed by atoms with Crippen LogP contribution in [0.1, 0.15) is 22.5 Å². The molecule has 2 aliphatic rings. The second-order valence-corrected chi connectivity index (χ2v) is 14.8. The van der Waals surface area contributed by atoms with E-state index in [-0.39, 0.29) is 0 Å². The molecule has 8 aromatic carbocycles. The highest BCUT2D eigenvalue weighted by atomic mass is 16.3. The molecule has 3 heteroatoms. The quantitative estimate of drug-likeness (QED) is 0.182. The van der Waals surface area contributed by atoms with Crippen LogP contribution in [0.4, 0.5) is 0 Å². The molecule has 2 heterocycles. The van der Waals surface area contributed by atoms with Gasteiger partial charge in [-0.2, -0.15) is 0 Å². The predicted molar refractivity (Wildman–Crippen MR) is 227 cm³/mol. The molecule has 0 fully saturated rings. The molecule has 0 radical (unpaired) electrons. The number of aromatic nitrogens is 2. The van der Waals surface area contributed by atoms with Gasteiger partial charge in [-0.3, -0.25) is 0 Å². The minimum Gasteiger partial charge on any atom is -0.459 e. The Morgan fingerprint density at radius 1 is 0.393 bits per heavy atom. The van der Waals surface area contributed by atoms with Crippen molar-refractivity contribution in [3.8, 4) is 67.3 Å². The summed E-state index contributed by atoms with van der Waals surface area (Å²) in [6.07, 6.45) is 0. The Bertz CT molecular complexity index is 3140. The van der Waals surface area contributed by atoms with Gasteiger partial charge in [0.15, 0.2) is 5.82 Å². The number of rotatable bonds is 4. The van der Waals surface area contributed by atoms with Crippen molar-refractivity contribution >= 4 is 21.7 Å². The van der Waals surface area contributed by atoms with E-state index in [9.17, 15) is 0 Å². The number of furan rings is 1. The van der Waals surface area contributed by atoms with Crippen molar-refractivity contribution in [1.82, 2.24) is 9.97 Å². The molecule has 1 spiro atoms. The van der Waals surface area contributed by atoms with Crippen LogP contribution in [0.15, 0.2) is 199 Å². The zero-order valence-electron chi connectivity index (χ0n) is 30.3. The first-order valence-electron chi connectivity index (χ1n) is 19.2. The van der Waals surface area contributed by atoms with Gasteiger partial charge in [-0.25, -0.2) is 9.97 Å². The fourth-order valence-corrected chi connectivity index (χ4v) is 9.56. The van der Waals surface area contributed by atoms with Gasteiger partial charge in [0.1, 0.15) is 16.8 Å². The number of benzene rings is 8. The Hall–Kier alpha value is -7.36. The molecule has 0 amide bonds. The van der Waals surface area contributed by atoms with Gasteiger partial charge in [0, 0.05) is 27.6 Å². The van der Waals surface area contributed by atoms with Gasteiger partial charge in [0.2, 0.25) is 0 Å². The summed E-state index contributed by atoms with van der Waals surface area (Å²) in [4.78, 5) is 10.4. The van der Waals surface area contributed by atoms with Crippen LogP contribution in [0.2, 0.25) is 0 Å². The zero-order chi connectivity index (χ0) is 36.8. The lowest BCUT2D eigenvalue weighted by molar-refractivity contribution is 0.507. The lowest BCUT2D eigenvalue weighted by atomic mass is 9.71. The average Bonchev–Trinajstić information content (AvgIpc) is 3.90. The van der Waals surface area contributed by atoms with E-state index in [0.29, 0.717) is 5.82 Å². The van der Waals surface area contributed by atoms with E-state index in [1.807, 2.05) is 6.07 Å². The van der Waals surface area contributed by atoms with Crippen LogP contribution in [0.5, 0.6) is 0 Å². The van der Waals surface area contributed by atoms with Crippen molar-refractivity contribution in [1.29, 1.82) is 0 Å². The van der Waals surface area contributed by atoms with Crippen LogP contribution >= 0.6 is 0 Å². The second kappa shape index (κ2) is 11.8. The predicted octanol–water partition coefficient (Wildman–Crippen LogP) is 13.4. The molecule has 0 bridgehead atoms. The van der Waals surface area contributed by atoms with Crippen LogP contribution in [0, 0.1) is 0 Å². The van der Waals surface area contributed by atoms with E-state index >= 15 is 0 Å². The molecular formula is C53H32N2O. The van der Waals surface area contributed by atoms with E-state index in [4.69, 9.17) is 14.4 Å². The first kappa shape index (κ1) is 31.0. The van der Waals surface area contributed by atoms with E-state index in [0.717, 1.165) is 50.4 Å². The molecule has 56 heavy (non-hydrogen) atoms. The van der Waals surface area contributed by atoms with Crippen molar-refractivity contribution in [2.45, 2.75) is 5.41 Å². The molecule has 2 aromatic heterocycles. The van der Waals surface area contributed by atoms with Crippen molar-refractivity contribution in [3.05, 3.63) is 217 Å². The van der Waals surface area contributed by atoms with Gasteiger partial charge in [-0.15, -0.1) is 0 Å². The first-order chi connectivity index (χ1) is 27.8. The number of nitrogens with zero attached hydrogens (tertiary/aromatic N) is 2. The first-order valence-corrected chi connectivity index (χ1v) is 19.2. The van der Waals surface area contributed by atoms with Crippen LogP contribution < -0.4 is 0 Å². The third-order valence-corrected chi connectivity index (χ3v) is 11.9. The zero-order valence-corrected chi connectivity index (χ0v) is 30.3. The summed E-state index contributed by atoms with van der Waals surface area (Å²) < 4.78 is 7.02. The molecule has 0 unspecified atom stereocenters. The van der Waals surface area contributed by atoms with Gasteiger partial charge < -0.3 is 4.42 Å². The number of hydrogen-bond donors (Lipinski definition) is 0. The van der Waals surface area contributed by atoms with E-state index in [1.54, 1.807) is 0 Å². The molecule has 0 aliphatic heterocycles. The smallest absolute Gasteiger partial charge is 0.160 e. The van der Waals surface area contributed by atoms with Crippen LogP contribution in [-0.2, 0) is 5.41 Å². The minimum atomic E-state index is -0.605. The SMILES string of the molecule is c1ccc(-c2cc(-c3cccc4ccccc34)nc(-c3ccc(-c4cccc5c4C4(c6ccccc6-c6ccccc64)c4oc6ccccc6c4-5)cc3)n2)cc1. The third kappa shape index (κ3) is 4.28. The maximum absolute atomic E-state index is 7.02. The number of hydrogen-bond acceptors (Lipinski definition) is 3. The number of fused-ring (bicyclic) bond motifs is 13. The van der Waals surface area contributed by atoms with Crippen molar-refractivity contribution in [2.75, 3.05) is 0 Å². The van der Waals surface area contributed by atoms with Gasteiger partial charge in [-0.05, 0) is 67.4 Å². The fraction of sp³-hybridized carbons (Fsp3) is 0.0189. The topological polar surface area (TPSA) is 38.9 Å². The summed E-state index contributed by atoms with van der Waals surface area (Å²) in [7, 11) is 0. The fourth-order valence-electron chi connectivity index (χ4n) is 9.56. The van der Waals surface area contributed by atoms with E-state index < -0.39 is 5.41 Å². The van der Waals surface area contributed by atoms with E-state index in [1.165, 1.54) is 55.3 Å². The highest BCUT2D eigenvalue weighted by molar-refractivity contribution is 6.06. The molecular weight excluding hydrogens is 681 g/mol. The largest absolute Gasteiger partial charge is 0.459 e. The Kier molecular flexibility index (Phi) is 6.55. The van der Waals surface area contributed by atoms with E-state index in [2.05, 4.69) is 188 Å². The highest BCUT2D eigenvalue weighted by Crippen LogP contribution is 2.66.